The van der Waals surface area contributed by atoms with Gasteiger partial charge in [-0.2, -0.15) is 0 Å². The van der Waals surface area contributed by atoms with Gasteiger partial charge in [-0.3, -0.25) is 4.79 Å². The van der Waals surface area contributed by atoms with Crippen LogP contribution in [0.25, 0.3) is 11.3 Å². The van der Waals surface area contributed by atoms with Gasteiger partial charge in [-0.1, -0.05) is 0 Å². The summed E-state index contributed by atoms with van der Waals surface area (Å²) in [5.74, 6) is -1.57. The van der Waals surface area contributed by atoms with Gasteiger partial charge in [0.2, 0.25) is 0 Å². The van der Waals surface area contributed by atoms with Crippen molar-refractivity contribution in [3.8, 4) is 22.8 Å². The highest BCUT2D eigenvalue weighted by Crippen LogP contribution is 2.33. The summed E-state index contributed by atoms with van der Waals surface area (Å²) in [6, 6.07) is 4.63. The number of ether oxygens (including phenoxy) is 1. The van der Waals surface area contributed by atoms with Crippen molar-refractivity contribution in [3.63, 3.8) is 0 Å². The Kier molecular flexibility index (Phi) is 4.54. The van der Waals surface area contributed by atoms with E-state index in [0.717, 1.165) is 12.1 Å². The van der Waals surface area contributed by atoms with Crippen molar-refractivity contribution in [2.75, 3.05) is 0 Å². The number of pyridine rings is 1. The third-order valence-electron chi connectivity index (χ3n) is 3.49. The van der Waals surface area contributed by atoms with Crippen LogP contribution in [-0.4, -0.2) is 14.5 Å². The molecule has 0 spiro atoms. The first kappa shape index (κ1) is 17.1. The highest BCUT2D eigenvalue weighted by molar-refractivity contribution is 7.80. The van der Waals surface area contributed by atoms with Gasteiger partial charge in [0.15, 0.2) is 22.5 Å². The van der Waals surface area contributed by atoms with Gasteiger partial charge in [0.25, 0.3) is 5.56 Å². The monoisotopic (exact) mass is 361 g/mol. The van der Waals surface area contributed by atoms with Crippen molar-refractivity contribution in [3.05, 3.63) is 64.2 Å². The summed E-state index contributed by atoms with van der Waals surface area (Å²) >= 11 is 4.11. The minimum absolute atomic E-state index is 0.143. The number of rotatable bonds is 3. The van der Waals surface area contributed by atoms with Gasteiger partial charge in [0.05, 0.1) is 6.20 Å². The number of halogens is 2. The molecule has 5 nitrogen and oxygen atoms in total. The molecule has 128 valence electrons. The Labute approximate surface area is 147 Å². The van der Waals surface area contributed by atoms with E-state index in [1.54, 1.807) is 26.2 Å². The lowest BCUT2D eigenvalue weighted by atomic mass is 10.1. The van der Waals surface area contributed by atoms with Gasteiger partial charge in [0, 0.05) is 30.4 Å². The van der Waals surface area contributed by atoms with Crippen LogP contribution < -0.4 is 10.3 Å². The molecule has 3 aromatic rings. The van der Waals surface area contributed by atoms with Gasteiger partial charge < -0.3 is 9.30 Å². The Morgan fingerprint density at radius 2 is 1.96 bits per heavy atom. The van der Waals surface area contributed by atoms with Crippen LogP contribution in [0.1, 0.15) is 5.56 Å². The molecule has 0 saturated heterocycles. The van der Waals surface area contributed by atoms with E-state index in [4.69, 9.17) is 4.74 Å². The molecule has 0 fully saturated rings. The van der Waals surface area contributed by atoms with E-state index in [1.807, 2.05) is 0 Å². The second-order valence-corrected chi connectivity index (χ2v) is 5.79. The number of aromatic nitrogens is 3. The van der Waals surface area contributed by atoms with Crippen LogP contribution in [0.2, 0.25) is 0 Å². The molecule has 1 aromatic carbocycles. The lowest BCUT2D eigenvalue weighted by Crippen LogP contribution is -2.18. The van der Waals surface area contributed by atoms with Crippen LogP contribution >= 0.6 is 12.6 Å². The summed E-state index contributed by atoms with van der Waals surface area (Å²) in [5.41, 5.74) is 1.28. The standard InChI is InChI=1S/C17H13F2N3O2S/c1-9-5-10(8-22(2)16(9)23)15-14(7-20-17(25)21-15)24-13-4-3-11(18)6-12(13)19/h3-8H,1-2H3,(H,20,21,25). The molecule has 8 heteroatoms. The van der Waals surface area contributed by atoms with E-state index in [-0.39, 0.29) is 22.2 Å². The lowest BCUT2D eigenvalue weighted by Gasteiger charge is -2.12. The van der Waals surface area contributed by atoms with E-state index in [9.17, 15) is 13.6 Å². The smallest absolute Gasteiger partial charge is 0.253 e. The Morgan fingerprint density at radius 3 is 2.64 bits per heavy atom. The van der Waals surface area contributed by atoms with Crippen LogP contribution in [0, 0.1) is 18.6 Å². The largest absolute Gasteiger partial charge is 0.450 e. The van der Waals surface area contributed by atoms with Crippen molar-refractivity contribution in [2.24, 2.45) is 7.05 Å². The molecule has 0 unspecified atom stereocenters. The summed E-state index contributed by atoms with van der Waals surface area (Å²) in [5, 5.41) is 0.188. The zero-order valence-corrected chi connectivity index (χ0v) is 14.2. The highest BCUT2D eigenvalue weighted by Gasteiger charge is 2.15. The third kappa shape index (κ3) is 3.53. The van der Waals surface area contributed by atoms with Gasteiger partial charge in [-0.15, -0.1) is 12.6 Å². The zero-order valence-electron chi connectivity index (χ0n) is 13.3. The molecule has 0 aliphatic carbocycles. The number of aryl methyl sites for hydroxylation is 2. The van der Waals surface area contributed by atoms with Crippen molar-refractivity contribution in [1.82, 2.24) is 14.5 Å². The third-order valence-corrected chi connectivity index (χ3v) is 3.71. The molecule has 0 amide bonds. The maximum Gasteiger partial charge on any atom is 0.253 e. The molecule has 3 rings (SSSR count). The summed E-state index contributed by atoms with van der Waals surface area (Å²) in [6.45, 7) is 1.68. The highest BCUT2D eigenvalue weighted by atomic mass is 32.1. The average Bonchev–Trinajstić information content (AvgIpc) is 2.56. The first-order valence-corrected chi connectivity index (χ1v) is 7.66. The summed E-state index contributed by atoms with van der Waals surface area (Å²) in [6.07, 6.45) is 2.92. The number of hydrogen-bond acceptors (Lipinski definition) is 5. The second kappa shape index (κ2) is 6.64. The fourth-order valence-corrected chi connectivity index (χ4v) is 2.48. The molecule has 0 atom stereocenters. The molecule has 2 aromatic heterocycles. The molecular formula is C17H13F2N3O2S. The van der Waals surface area contributed by atoms with Gasteiger partial charge in [-0.05, 0) is 25.1 Å². The fraction of sp³-hybridized carbons (Fsp3) is 0.118. The zero-order chi connectivity index (χ0) is 18.1. The molecule has 0 aliphatic rings. The van der Waals surface area contributed by atoms with Crippen molar-refractivity contribution in [1.29, 1.82) is 0 Å². The summed E-state index contributed by atoms with van der Waals surface area (Å²) in [4.78, 5) is 20.0. The number of nitrogens with zero attached hydrogens (tertiary/aromatic N) is 3. The number of hydrogen-bond donors (Lipinski definition) is 1. The predicted octanol–water partition coefficient (Wildman–Crippen LogP) is 3.51. The molecule has 0 saturated carbocycles. The van der Waals surface area contributed by atoms with E-state index in [0.29, 0.717) is 16.8 Å². The Hall–Kier alpha value is -2.74. The van der Waals surface area contributed by atoms with Gasteiger partial charge >= 0.3 is 0 Å². The first-order chi connectivity index (χ1) is 11.8. The fourth-order valence-electron chi connectivity index (χ4n) is 2.33. The van der Waals surface area contributed by atoms with E-state index in [2.05, 4.69) is 22.6 Å². The van der Waals surface area contributed by atoms with Crippen molar-refractivity contribution < 1.29 is 13.5 Å². The average molecular weight is 361 g/mol. The molecule has 0 aliphatic heterocycles. The molecule has 2 heterocycles. The normalized spacial score (nSPS) is 10.8. The minimum atomic E-state index is -0.849. The number of thiol groups is 1. The summed E-state index contributed by atoms with van der Waals surface area (Å²) in [7, 11) is 1.61. The SMILES string of the molecule is Cc1cc(-c2nc(S)ncc2Oc2ccc(F)cc2F)cn(C)c1=O. The number of benzene rings is 1. The molecular weight excluding hydrogens is 348 g/mol. The van der Waals surface area contributed by atoms with Gasteiger partial charge in [0.1, 0.15) is 11.5 Å². The van der Waals surface area contributed by atoms with E-state index in [1.165, 1.54) is 16.8 Å². The molecule has 0 radical (unpaired) electrons. The minimum Gasteiger partial charge on any atom is -0.450 e. The topological polar surface area (TPSA) is 57.0 Å². The first-order valence-electron chi connectivity index (χ1n) is 7.21. The van der Waals surface area contributed by atoms with E-state index >= 15 is 0 Å². The lowest BCUT2D eigenvalue weighted by molar-refractivity contribution is 0.434. The molecule has 0 N–H and O–H groups in total. The second-order valence-electron chi connectivity index (χ2n) is 5.39. The van der Waals surface area contributed by atoms with Crippen LogP contribution in [0.5, 0.6) is 11.5 Å². The quantitative estimate of drug-likeness (QED) is 0.573. The molecule has 25 heavy (non-hydrogen) atoms. The van der Waals surface area contributed by atoms with Crippen LogP contribution in [0.15, 0.2) is 46.6 Å². The Bertz CT molecular complexity index is 995. The Balaban J connectivity index is 2.12. The summed E-state index contributed by atoms with van der Waals surface area (Å²) < 4.78 is 33.8. The van der Waals surface area contributed by atoms with Crippen molar-refractivity contribution in [2.45, 2.75) is 12.1 Å². The molecule has 0 bridgehead atoms. The Morgan fingerprint density at radius 1 is 1.20 bits per heavy atom. The maximum atomic E-state index is 13.9. The van der Waals surface area contributed by atoms with Crippen LogP contribution in [0.3, 0.4) is 0 Å². The van der Waals surface area contributed by atoms with Crippen LogP contribution in [0.4, 0.5) is 8.78 Å². The van der Waals surface area contributed by atoms with Gasteiger partial charge in [-0.25, -0.2) is 18.7 Å². The van der Waals surface area contributed by atoms with Crippen molar-refractivity contribution >= 4 is 12.6 Å². The predicted molar refractivity (Wildman–Crippen MR) is 91.1 cm³/mol. The van der Waals surface area contributed by atoms with E-state index < -0.39 is 11.6 Å². The maximum absolute atomic E-state index is 13.9. The van der Waals surface area contributed by atoms with Crippen LogP contribution in [-0.2, 0) is 7.05 Å².